The Kier molecular flexibility index (Phi) is 2.96. The molecule has 0 amide bonds. The van der Waals surface area contributed by atoms with Crippen LogP contribution in [-0.2, 0) is 0 Å². The summed E-state index contributed by atoms with van der Waals surface area (Å²) >= 11 is 0. The number of ether oxygens (including phenoxy) is 1. The number of hydrogen-bond donors (Lipinski definition) is 1. The van der Waals surface area contributed by atoms with Crippen LogP contribution in [0.2, 0.25) is 0 Å². The van der Waals surface area contributed by atoms with Gasteiger partial charge in [-0.1, -0.05) is 12.1 Å². The molecule has 1 aliphatic carbocycles. The van der Waals surface area contributed by atoms with Gasteiger partial charge in [0, 0.05) is 6.04 Å². The molecule has 1 fully saturated rings. The fraction of sp³-hybridized carbons (Fsp3) is 0.538. The van der Waals surface area contributed by atoms with Crippen molar-refractivity contribution in [3.8, 4) is 5.75 Å². The topological polar surface area (TPSA) is 35.2 Å². The molecule has 0 radical (unpaired) electrons. The van der Waals surface area contributed by atoms with Gasteiger partial charge in [-0.15, -0.1) is 0 Å². The second-order valence-corrected chi connectivity index (χ2v) is 4.37. The van der Waals surface area contributed by atoms with Gasteiger partial charge in [-0.05, 0) is 49.8 Å². The molecule has 1 saturated carbocycles. The summed E-state index contributed by atoms with van der Waals surface area (Å²) < 4.78 is 5.41. The fourth-order valence-electron chi connectivity index (χ4n) is 2.16. The van der Waals surface area contributed by atoms with Crippen LogP contribution in [0.15, 0.2) is 24.3 Å². The molecular formula is C13H19NO. The van der Waals surface area contributed by atoms with Crippen molar-refractivity contribution in [2.24, 2.45) is 11.7 Å². The highest BCUT2D eigenvalue weighted by Gasteiger charge is 2.40. The lowest BCUT2D eigenvalue weighted by Gasteiger charge is -2.06. The molecule has 0 saturated heterocycles. The summed E-state index contributed by atoms with van der Waals surface area (Å²) in [6, 6.07) is 8.75. The van der Waals surface area contributed by atoms with Crippen molar-refractivity contribution in [1.82, 2.24) is 0 Å². The van der Waals surface area contributed by atoms with Gasteiger partial charge in [-0.2, -0.15) is 0 Å². The smallest absolute Gasteiger partial charge is 0.119 e. The third-order valence-corrected chi connectivity index (χ3v) is 3.13. The van der Waals surface area contributed by atoms with Crippen LogP contribution >= 0.6 is 0 Å². The summed E-state index contributed by atoms with van der Waals surface area (Å²) in [4.78, 5) is 0. The van der Waals surface area contributed by atoms with Gasteiger partial charge >= 0.3 is 0 Å². The number of nitrogens with two attached hydrogens (primary N) is 1. The third kappa shape index (κ3) is 2.32. The van der Waals surface area contributed by atoms with Gasteiger partial charge in [-0.3, -0.25) is 0 Å². The summed E-state index contributed by atoms with van der Waals surface area (Å²) in [5.41, 5.74) is 7.28. The molecule has 82 valence electrons. The Bertz CT molecular complexity index is 318. The molecule has 15 heavy (non-hydrogen) atoms. The van der Waals surface area contributed by atoms with Crippen molar-refractivity contribution in [3.05, 3.63) is 29.8 Å². The van der Waals surface area contributed by atoms with Crippen molar-refractivity contribution >= 4 is 0 Å². The van der Waals surface area contributed by atoms with E-state index in [4.69, 9.17) is 10.5 Å². The van der Waals surface area contributed by atoms with E-state index in [0.29, 0.717) is 17.9 Å². The predicted molar refractivity (Wildman–Crippen MR) is 62.1 cm³/mol. The van der Waals surface area contributed by atoms with Crippen LogP contribution in [0.3, 0.4) is 0 Å². The quantitative estimate of drug-likeness (QED) is 0.819. The maximum Gasteiger partial charge on any atom is 0.119 e. The standard InChI is InChI=1S/C13H19NO/c1-3-15-11-6-4-10(5-7-11)13-8-12(13)9(2)14/h4-7,9,12-13H,3,8,14H2,1-2H3/t9-,12-,13-/m0/s1. The van der Waals surface area contributed by atoms with Gasteiger partial charge in [0.25, 0.3) is 0 Å². The van der Waals surface area contributed by atoms with Gasteiger partial charge in [0.05, 0.1) is 6.61 Å². The summed E-state index contributed by atoms with van der Waals surface area (Å²) in [5.74, 6) is 2.32. The SMILES string of the molecule is CCOc1ccc([C@@H]2C[C@H]2[C@H](C)N)cc1. The lowest BCUT2D eigenvalue weighted by Crippen LogP contribution is -2.17. The van der Waals surface area contributed by atoms with E-state index in [1.54, 1.807) is 0 Å². The molecule has 1 aromatic carbocycles. The molecule has 2 nitrogen and oxygen atoms in total. The minimum Gasteiger partial charge on any atom is -0.494 e. The number of benzene rings is 1. The molecule has 1 aromatic rings. The maximum absolute atomic E-state index is 5.88. The largest absolute Gasteiger partial charge is 0.494 e. The lowest BCUT2D eigenvalue weighted by molar-refractivity contribution is 0.340. The molecule has 0 aliphatic heterocycles. The van der Waals surface area contributed by atoms with Crippen LogP contribution in [0.1, 0.15) is 31.7 Å². The average molecular weight is 205 g/mol. The van der Waals surface area contributed by atoms with E-state index in [1.807, 2.05) is 6.92 Å². The fourth-order valence-corrected chi connectivity index (χ4v) is 2.16. The number of hydrogen-bond acceptors (Lipinski definition) is 2. The van der Waals surface area contributed by atoms with Gasteiger partial charge in [-0.25, -0.2) is 0 Å². The summed E-state index contributed by atoms with van der Waals surface area (Å²) in [5, 5.41) is 0. The van der Waals surface area contributed by atoms with E-state index in [0.717, 1.165) is 12.4 Å². The van der Waals surface area contributed by atoms with Gasteiger partial charge in [0.15, 0.2) is 0 Å². The van der Waals surface area contributed by atoms with E-state index >= 15 is 0 Å². The zero-order valence-corrected chi connectivity index (χ0v) is 9.44. The maximum atomic E-state index is 5.88. The van der Waals surface area contributed by atoms with Crippen LogP contribution in [-0.4, -0.2) is 12.6 Å². The molecule has 0 bridgehead atoms. The van der Waals surface area contributed by atoms with Crippen LogP contribution in [0.5, 0.6) is 5.75 Å². The van der Waals surface area contributed by atoms with Crippen LogP contribution in [0, 0.1) is 5.92 Å². The minimum absolute atomic E-state index is 0.321. The van der Waals surface area contributed by atoms with Crippen molar-refractivity contribution < 1.29 is 4.74 Å². The van der Waals surface area contributed by atoms with Gasteiger partial charge in [0.2, 0.25) is 0 Å². The molecule has 1 aliphatic rings. The Morgan fingerprint density at radius 3 is 2.53 bits per heavy atom. The molecule has 2 rings (SSSR count). The van der Waals surface area contributed by atoms with Gasteiger partial charge < -0.3 is 10.5 Å². The minimum atomic E-state index is 0.321. The molecule has 2 N–H and O–H groups in total. The van der Waals surface area contributed by atoms with Crippen molar-refractivity contribution in [1.29, 1.82) is 0 Å². The van der Waals surface area contributed by atoms with Crippen molar-refractivity contribution in [2.75, 3.05) is 6.61 Å². The van der Waals surface area contributed by atoms with E-state index in [-0.39, 0.29) is 0 Å². The molecule has 3 atom stereocenters. The Morgan fingerprint density at radius 2 is 2.07 bits per heavy atom. The van der Waals surface area contributed by atoms with E-state index in [1.165, 1.54) is 12.0 Å². The van der Waals surface area contributed by atoms with Crippen molar-refractivity contribution in [2.45, 2.75) is 32.2 Å². The lowest BCUT2D eigenvalue weighted by atomic mass is 10.1. The second-order valence-electron chi connectivity index (χ2n) is 4.37. The van der Waals surface area contributed by atoms with Gasteiger partial charge in [0.1, 0.15) is 5.75 Å². The zero-order valence-electron chi connectivity index (χ0n) is 9.44. The van der Waals surface area contributed by atoms with E-state index in [9.17, 15) is 0 Å². The molecule has 0 heterocycles. The highest BCUT2D eigenvalue weighted by atomic mass is 16.5. The number of rotatable bonds is 4. The normalized spacial score (nSPS) is 26.1. The molecule has 2 heteroatoms. The van der Waals surface area contributed by atoms with Crippen LogP contribution in [0.4, 0.5) is 0 Å². The molecule has 0 unspecified atom stereocenters. The highest BCUT2D eigenvalue weighted by molar-refractivity contribution is 5.33. The summed E-state index contributed by atoms with van der Waals surface area (Å²) in [6.45, 7) is 4.82. The summed E-state index contributed by atoms with van der Waals surface area (Å²) in [7, 11) is 0. The first-order valence-electron chi connectivity index (χ1n) is 5.70. The highest BCUT2D eigenvalue weighted by Crippen LogP contribution is 2.49. The Hall–Kier alpha value is -1.02. The molecule has 0 spiro atoms. The monoisotopic (exact) mass is 205 g/mol. The molecular weight excluding hydrogens is 186 g/mol. The average Bonchev–Trinajstić information content (AvgIpc) is 2.99. The first-order chi connectivity index (χ1) is 7.22. The van der Waals surface area contributed by atoms with Crippen molar-refractivity contribution in [3.63, 3.8) is 0 Å². The zero-order chi connectivity index (χ0) is 10.8. The third-order valence-electron chi connectivity index (χ3n) is 3.13. The Balaban J connectivity index is 2.00. The molecule has 0 aromatic heterocycles. The van der Waals surface area contributed by atoms with E-state index in [2.05, 4.69) is 31.2 Å². The van der Waals surface area contributed by atoms with E-state index < -0.39 is 0 Å². The Labute approximate surface area is 91.4 Å². The first kappa shape index (κ1) is 10.5. The van der Waals surface area contributed by atoms with Crippen LogP contribution in [0.25, 0.3) is 0 Å². The Morgan fingerprint density at radius 1 is 1.40 bits per heavy atom. The summed E-state index contributed by atoms with van der Waals surface area (Å²) in [6.07, 6.45) is 1.24. The first-order valence-corrected chi connectivity index (χ1v) is 5.70. The second kappa shape index (κ2) is 4.23. The van der Waals surface area contributed by atoms with Crippen LogP contribution < -0.4 is 10.5 Å². The predicted octanol–water partition coefficient (Wildman–Crippen LogP) is 2.54.